The second kappa shape index (κ2) is 7.47. The molecule has 0 amide bonds. The summed E-state index contributed by atoms with van der Waals surface area (Å²) in [6.45, 7) is 0. The van der Waals surface area contributed by atoms with Crippen LogP contribution in [-0.2, 0) is 0 Å². The molecule has 0 spiro atoms. The number of halogens is 6. The van der Waals surface area contributed by atoms with E-state index in [0.29, 0.717) is 12.3 Å². The molecule has 2 saturated carbocycles. The number of nitrogens with two attached hydrogens (primary N) is 1. The summed E-state index contributed by atoms with van der Waals surface area (Å²) in [6, 6.07) is -2.30. The highest BCUT2D eigenvalue weighted by Crippen LogP contribution is 2.47. The van der Waals surface area contributed by atoms with E-state index in [-0.39, 0.29) is 6.42 Å². The van der Waals surface area contributed by atoms with Crippen LogP contribution < -0.4 is 16.4 Å². The van der Waals surface area contributed by atoms with Crippen molar-refractivity contribution in [2.75, 3.05) is 0 Å². The van der Waals surface area contributed by atoms with Gasteiger partial charge in [-0.3, -0.25) is 10.6 Å². The highest BCUT2D eigenvalue weighted by Gasteiger charge is 2.58. The van der Waals surface area contributed by atoms with Crippen molar-refractivity contribution in [1.82, 2.24) is 10.6 Å². The second-order valence-electron chi connectivity index (χ2n) is 8.20. The van der Waals surface area contributed by atoms with E-state index in [0.717, 1.165) is 25.7 Å². The zero-order valence-corrected chi connectivity index (χ0v) is 14.5. The van der Waals surface area contributed by atoms with Gasteiger partial charge < -0.3 is 5.73 Å². The minimum absolute atomic E-state index is 0.333. The fourth-order valence-corrected chi connectivity index (χ4v) is 4.97. The number of hydrogen-bond acceptors (Lipinski definition) is 3. The third kappa shape index (κ3) is 4.47. The van der Waals surface area contributed by atoms with Crippen LogP contribution in [-0.4, -0.2) is 36.6 Å². The van der Waals surface area contributed by atoms with Crippen LogP contribution in [0.5, 0.6) is 0 Å². The van der Waals surface area contributed by atoms with Gasteiger partial charge in [0.15, 0.2) is 0 Å². The standard InChI is InChI=1S/C17H27F6N3/c18-16(19,20)10-7-11(17(21,22)23)14-13(8-10)25-15(26-14)12(24)6-9-4-2-1-3-5-9/h9-15,25-26H,1-8,24H2/t10?,11?,12-,13?,14?,15?/m0/s1. The second-order valence-corrected chi connectivity index (χ2v) is 8.20. The van der Waals surface area contributed by atoms with Crippen LogP contribution in [0, 0.1) is 17.8 Å². The molecule has 1 saturated heterocycles. The largest absolute Gasteiger partial charge is 0.393 e. The van der Waals surface area contributed by atoms with Gasteiger partial charge in [0.25, 0.3) is 0 Å². The minimum atomic E-state index is -4.66. The number of nitrogens with one attached hydrogen (secondary N) is 2. The monoisotopic (exact) mass is 387 g/mol. The van der Waals surface area contributed by atoms with Gasteiger partial charge in [-0.2, -0.15) is 26.3 Å². The van der Waals surface area contributed by atoms with Crippen molar-refractivity contribution in [2.45, 2.75) is 88.0 Å². The van der Waals surface area contributed by atoms with Crippen molar-refractivity contribution in [3.8, 4) is 0 Å². The minimum Gasteiger partial charge on any atom is -0.325 e. The molecule has 1 aliphatic heterocycles. The fraction of sp³-hybridized carbons (Fsp3) is 1.00. The van der Waals surface area contributed by atoms with Crippen molar-refractivity contribution in [3.63, 3.8) is 0 Å². The lowest BCUT2D eigenvalue weighted by atomic mass is 9.75. The Balaban J connectivity index is 1.67. The number of fused-ring (bicyclic) bond motifs is 1. The van der Waals surface area contributed by atoms with Crippen LogP contribution in [0.25, 0.3) is 0 Å². The molecule has 26 heavy (non-hydrogen) atoms. The van der Waals surface area contributed by atoms with E-state index in [2.05, 4.69) is 10.6 Å². The molecule has 6 atom stereocenters. The Morgan fingerprint density at radius 2 is 1.54 bits per heavy atom. The molecular weight excluding hydrogens is 360 g/mol. The van der Waals surface area contributed by atoms with Gasteiger partial charge in [-0.25, -0.2) is 0 Å². The average molecular weight is 387 g/mol. The summed E-state index contributed by atoms with van der Waals surface area (Å²) in [7, 11) is 0. The van der Waals surface area contributed by atoms with Crippen molar-refractivity contribution >= 4 is 0 Å². The Kier molecular flexibility index (Phi) is 5.80. The Morgan fingerprint density at radius 1 is 0.885 bits per heavy atom. The molecule has 2 aliphatic carbocycles. The molecule has 0 bridgehead atoms. The van der Waals surface area contributed by atoms with Crippen molar-refractivity contribution in [3.05, 3.63) is 0 Å². The van der Waals surface area contributed by atoms with Crippen molar-refractivity contribution in [1.29, 1.82) is 0 Å². The number of hydrogen-bond donors (Lipinski definition) is 3. The van der Waals surface area contributed by atoms with Crippen molar-refractivity contribution in [2.24, 2.45) is 23.5 Å². The summed E-state index contributed by atoms with van der Waals surface area (Å²) in [6.07, 6.45) is -4.80. The van der Waals surface area contributed by atoms with E-state index in [1.807, 2.05) is 0 Å². The lowest BCUT2D eigenvalue weighted by Gasteiger charge is -2.39. The first-order valence-corrected chi connectivity index (χ1v) is 9.47. The van der Waals surface area contributed by atoms with Gasteiger partial charge in [0, 0.05) is 18.1 Å². The quantitative estimate of drug-likeness (QED) is 0.648. The molecular formula is C17H27F6N3. The molecule has 9 heteroatoms. The topological polar surface area (TPSA) is 50.1 Å². The maximum atomic E-state index is 13.4. The summed E-state index contributed by atoms with van der Waals surface area (Å²) >= 11 is 0. The molecule has 3 nitrogen and oxygen atoms in total. The maximum absolute atomic E-state index is 13.4. The molecule has 0 aromatic heterocycles. The van der Waals surface area contributed by atoms with Crippen molar-refractivity contribution < 1.29 is 26.3 Å². The van der Waals surface area contributed by atoms with E-state index in [9.17, 15) is 26.3 Å². The molecule has 5 unspecified atom stereocenters. The molecule has 3 rings (SSSR count). The highest BCUT2D eigenvalue weighted by atomic mass is 19.4. The van der Waals surface area contributed by atoms with Gasteiger partial charge in [0.1, 0.15) is 0 Å². The third-order valence-corrected chi connectivity index (χ3v) is 6.35. The van der Waals surface area contributed by atoms with Gasteiger partial charge >= 0.3 is 12.4 Å². The summed E-state index contributed by atoms with van der Waals surface area (Å²) in [5, 5.41) is 5.84. The number of rotatable bonds is 3. The zero-order valence-electron chi connectivity index (χ0n) is 14.5. The predicted molar refractivity (Wildman–Crippen MR) is 85.1 cm³/mol. The third-order valence-electron chi connectivity index (χ3n) is 6.35. The smallest absolute Gasteiger partial charge is 0.325 e. The summed E-state index contributed by atoms with van der Waals surface area (Å²) < 4.78 is 79.4. The molecule has 0 aromatic rings. The lowest BCUT2D eigenvalue weighted by molar-refractivity contribution is -0.228. The van der Waals surface area contributed by atoms with Crippen LogP contribution in [0.2, 0.25) is 0 Å². The first-order chi connectivity index (χ1) is 12.1. The molecule has 3 fully saturated rings. The van der Waals surface area contributed by atoms with Gasteiger partial charge in [0.05, 0.1) is 18.0 Å². The molecule has 0 aromatic carbocycles. The number of alkyl halides is 6. The maximum Gasteiger partial charge on any atom is 0.393 e. The predicted octanol–water partition coefficient (Wildman–Crippen LogP) is 3.69. The lowest BCUT2D eigenvalue weighted by Crippen LogP contribution is -2.54. The van der Waals surface area contributed by atoms with E-state index < -0.39 is 54.9 Å². The first kappa shape index (κ1) is 20.2. The Bertz CT molecular complexity index is 474. The summed E-state index contributed by atoms with van der Waals surface area (Å²) in [5.41, 5.74) is 6.21. The van der Waals surface area contributed by atoms with Crippen LogP contribution in [0.3, 0.4) is 0 Å². The van der Waals surface area contributed by atoms with Gasteiger partial charge in [0.2, 0.25) is 0 Å². The van der Waals surface area contributed by atoms with E-state index in [4.69, 9.17) is 5.73 Å². The highest BCUT2D eigenvalue weighted by molar-refractivity contribution is 5.06. The summed E-state index contributed by atoms with van der Waals surface area (Å²) in [4.78, 5) is 0. The van der Waals surface area contributed by atoms with E-state index >= 15 is 0 Å². The zero-order chi connectivity index (χ0) is 19.1. The van der Waals surface area contributed by atoms with Gasteiger partial charge in [-0.1, -0.05) is 32.1 Å². The molecule has 4 N–H and O–H groups in total. The normalized spacial score (nSPS) is 38.2. The van der Waals surface area contributed by atoms with Crippen LogP contribution >= 0.6 is 0 Å². The van der Waals surface area contributed by atoms with E-state index in [1.54, 1.807) is 0 Å². The average Bonchev–Trinajstić information content (AvgIpc) is 2.97. The fourth-order valence-electron chi connectivity index (χ4n) is 4.97. The van der Waals surface area contributed by atoms with E-state index in [1.165, 1.54) is 6.42 Å². The molecule has 1 heterocycles. The van der Waals surface area contributed by atoms with Crippen LogP contribution in [0.1, 0.15) is 51.4 Å². The summed E-state index contributed by atoms with van der Waals surface area (Å²) in [5.74, 6) is -3.49. The Labute approximate surface area is 149 Å². The van der Waals surface area contributed by atoms with Gasteiger partial charge in [-0.15, -0.1) is 0 Å². The first-order valence-electron chi connectivity index (χ1n) is 9.47. The van der Waals surface area contributed by atoms with Crippen LogP contribution in [0.4, 0.5) is 26.3 Å². The van der Waals surface area contributed by atoms with Gasteiger partial charge in [-0.05, 0) is 25.2 Å². The Hall–Kier alpha value is -0.540. The SMILES string of the molecule is N[C@@H](CC1CCCCC1)C1NC2CC(C(F)(F)F)CC(C(F)(F)F)C2N1. The molecule has 0 radical (unpaired) electrons. The molecule has 3 aliphatic rings. The van der Waals surface area contributed by atoms with Crippen LogP contribution in [0.15, 0.2) is 0 Å². The molecule has 152 valence electrons. The Morgan fingerprint density at radius 3 is 2.12 bits per heavy atom.